The second-order valence-electron chi connectivity index (χ2n) is 5.10. The summed E-state index contributed by atoms with van der Waals surface area (Å²) >= 11 is 0. The molecule has 0 bridgehead atoms. The molecule has 9 heteroatoms. The van der Waals surface area contributed by atoms with E-state index in [1.165, 1.54) is 5.32 Å². The predicted molar refractivity (Wildman–Crippen MR) is 68.9 cm³/mol. The number of ether oxygens (including phenoxy) is 1. The van der Waals surface area contributed by atoms with Crippen LogP contribution in [0.5, 0.6) is 0 Å². The number of halogens is 3. The van der Waals surface area contributed by atoms with Crippen LogP contribution < -0.4 is 10.6 Å². The first kappa shape index (κ1) is 19.5. The van der Waals surface area contributed by atoms with E-state index in [0.717, 1.165) is 6.42 Å². The number of urea groups is 1. The first-order valence-corrected chi connectivity index (χ1v) is 6.44. The molecule has 1 atom stereocenters. The Bertz CT molecular complexity index is 361. The third-order valence-corrected chi connectivity index (χ3v) is 2.73. The molecule has 0 aliphatic rings. The Hall–Kier alpha value is -1.51. The first-order valence-electron chi connectivity index (χ1n) is 6.44. The second-order valence-corrected chi connectivity index (χ2v) is 5.10. The molecule has 0 fully saturated rings. The van der Waals surface area contributed by atoms with Crippen LogP contribution in [0.25, 0.3) is 0 Å². The molecule has 1 unspecified atom stereocenters. The maximum Gasteiger partial charge on any atom is 0.422 e. The van der Waals surface area contributed by atoms with Crippen LogP contribution in [-0.4, -0.2) is 48.6 Å². The van der Waals surface area contributed by atoms with Gasteiger partial charge in [-0.2, -0.15) is 13.2 Å². The molecule has 0 saturated heterocycles. The lowest BCUT2D eigenvalue weighted by atomic mass is 10.0. The number of amides is 2. The van der Waals surface area contributed by atoms with Crippen molar-refractivity contribution in [1.82, 2.24) is 10.6 Å². The third-order valence-electron chi connectivity index (χ3n) is 2.73. The third kappa shape index (κ3) is 6.65. The lowest BCUT2D eigenvalue weighted by Gasteiger charge is -2.28. The fraction of sp³-hybridized carbons (Fsp3) is 0.833. The number of hydrogen-bond acceptors (Lipinski definition) is 3. The van der Waals surface area contributed by atoms with Crippen LogP contribution in [-0.2, 0) is 9.53 Å². The molecule has 0 saturated carbocycles. The van der Waals surface area contributed by atoms with E-state index in [1.54, 1.807) is 0 Å². The standard InChI is InChI=1S/C12H21F3N2O4/c1-8(2)4-6-21-7-5-16-10(20)17-11(3,9(18)19)12(13,14)15/h8H,4-7H2,1-3H3,(H,18,19)(H2,16,17,20). The quantitative estimate of drug-likeness (QED) is 0.596. The number of nitrogens with one attached hydrogen (secondary N) is 2. The number of carbonyl (C=O) groups excluding carboxylic acids is 1. The van der Waals surface area contributed by atoms with Crippen molar-refractivity contribution in [2.45, 2.75) is 38.9 Å². The second kappa shape index (κ2) is 8.06. The summed E-state index contributed by atoms with van der Waals surface area (Å²) in [5.41, 5.74) is -3.34. The van der Waals surface area contributed by atoms with Gasteiger partial charge in [0.15, 0.2) is 0 Å². The largest absolute Gasteiger partial charge is 0.479 e. The van der Waals surface area contributed by atoms with E-state index in [9.17, 15) is 22.8 Å². The summed E-state index contributed by atoms with van der Waals surface area (Å²) in [6.45, 7) is 5.01. The number of carbonyl (C=O) groups is 2. The lowest BCUT2D eigenvalue weighted by Crippen LogP contribution is -2.63. The molecule has 0 aromatic rings. The van der Waals surface area contributed by atoms with Crippen molar-refractivity contribution >= 4 is 12.0 Å². The highest BCUT2D eigenvalue weighted by molar-refractivity contribution is 5.86. The van der Waals surface area contributed by atoms with E-state index < -0.39 is 23.7 Å². The number of alkyl halides is 3. The van der Waals surface area contributed by atoms with E-state index in [0.29, 0.717) is 19.4 Å². The van der Waals surface area contributed by atoms with Crippen molar-refractivity contribution in [3.8, 4) is 0 Å². The molecular weight excluding hydrogens is 293 g/mol. The fourth-order valence-corrected chi connectivity index (χ4v) is 1.17. The molecule has 0 aliphatic carbocycles. The zero-order valence-electron chi connectivity index (χ0n) is 12.2. The number of rotatable bonds is 8. The molecule has 21 heavy (non-hydrogen) atoms. The van der Waals surface area contributed by atoms with E-state index in [2.05, 4.69) is 5.32 Å². The smallest absolute Gasteiger partial charge is 0.422 e. The number of carboxylic acid groups (broad SMARTS) is 1. The van der Waals surface area contributed by atoms with E-state index in [-0.39, 0.29) is 13.2 Å². The Labute approximate surface area is 121 Å². The molecule has 124 valence electrons. The molecule has 0 aromatic heterocycles. The van der Waals surface area contributed by atoms with Crippen LogP contribution >= 0.6 is 0 Å². The van der Waals surface area contributed by atoms with Gasteiger partial charge in [-0.25, -0.2) is 9.59 Å². The van der Waals surface area contributed by atoms with Crippen LogP contribution in [0, 0.1) is 5.92 Å². The summed E-state index contributed by atoms with van der Waals surface area (Å²) in [7, 11) is 0. The summed E-state index contributed by atoms with van der Waals surface area (Å²) in [5.74, 6) is -1.72. The van der Waals surface area contributed by atoms with E-state index in [4.69, 9.17) is 9.84 Å². The van der Waals surface area contributed by atoms with Crippen molar-refractivity contribution in [3.05, 3.63) is 0 Å². The highest BCUT2D eigenvalue weighted by Gasteiger charge is 2.58. The number of carboxylic acids is 1. The first-order chi connectivity index (χ1) is 9.50. The summed E-state index contributed by atoms with van der Waals surface area (Å²) in [5, 5.41) is 12.2. The minimum Gasteiger partial charge on any atom is -0.479 e. The predicted octanol–water partition coefficient (Wildman–Crippen LogP) is 1.75. The van der Waals surface area contributed by atoms with Gasteiger partial charge in [-0.1, -0.05) is 13.8 Å². The Kier molecular flexibility index (Phi) is 7.48. The zero-order valence-corrected chi connectivity index (χ0v) is 12.2. The van der Waals surface area contributed by atoms with E-state index >= 15 is 0 Å². The molecular formula is C12H21F3N2O4. The average molecular weight is 314 g/mol. The van der Waals surface area contributed by atoms with Gasteiger partial charge in [0.2, 0.25) is 5.54 Å². The van der Waals surface area contributed by atoms with Crippen LogP contribution in [0.15, 0.2) is 0 Å². The van der Waals surface area contributed by atoms with Crippen molar-refractivity contribution in [2.75, 3.05) is 19.8 Å². The van der Waals surface area contributed by atoms with Gasteiger partial charge in [-0.3, -0.25) is 0 Å². The molecule has 0 rings (SSSR count). The maximum atomic E-state index is 12.6. The Morgan fingerprint density at radius 1 is 1.24 bits per heavy atom. The lowest BCUT2D eigenvalue weighted by molar-refractivity contribution is -0.203. The monoisotopic (exact) mass is 314 g/mol. The fourth-order valence-electron chi connectivity index (χ4n) is 1.17. The van der Waals surface area contributed by atoms with E-state index in [1.807, 2.05) is 13.8 Å². The van der Waals surface area contributed by atoms with Gasteiger partial charge in [-0.05, 0) is 19.3 Å². The Morgan fingerprint density at radius 3 is 2.24 bits per heavy atom. The van der Waals surface area contributed by atoms with Crippen molar-refractivity contribution in [1.29, 1.82) is 0 Å². The molecule has 2 amide bonds. The Morgan fingerprint density at radius 2 is 1.81 bits per heavy atom. The average Bonchev–Trinajstić information content (AvgIpc) is 2.31. The molecule has 0 aromatic carbocycles. The molecule has 3 N–H and O–H groups in total. The zero-order chi connectivity index (χ0) is 16.7. The number of aliphatic carboxylic acids is 1. The molecule has 0 heterocycles. The topological polar surface area (TPSA) is 87.7 Å². The normalized spacial score (nSPS) is 14.6. The Balaban J connectivity index is 4.16. The number of hydrogen-bond donors (Lipinski definition) is 3. The SMILES string of the molecule is CC(C)CCOCCNC(=O)NC(C)(C(=O)O)C(F)(F)F. The van der Waals surface area contributed by atoms with Crippen molar-refractivity contribution in [2.24, 2.45) is 5.92 Å². The molecule has 0 spiro atoms. The van der Waals surface area contributed by atoms with Gasteiger partial charge in [0.25, 0.3) is 0 Å². The summed E-state index contributed by atoms with van der Waals surface area (Å²) < 4.78 is 43.1. The van der Waals surface area contributed by atoms with Gasteiger partial charge >= 0.3 is 18.2 Å². The molecule has 0 radical (unpaired) electrons. The highest BCUT2D eigenvalue weighted by Crippen LogP contribution is 2.30. The van der Waals surface area contributed by atoms with Gasteiger partial charge < -0.3 is 20.5 Å². The van der Waals surface area contributed by atoms with Gasteiger partial charge in [0.1, 0.15) is 0 Å². The molecule has 0 aliphatic heterocycles. The summed E-state index contributed by atoms with van der Waals surface area (Å²) in [6.07, 6.45) is -4.28. The van der Waals surface area contributed by atoms with Crippen LogP contribution in [0.3, 0.4) is 0 Å². The van der Waals surface area contributed by atoms with Crippen molar-refractivity contribution < 1.29 is 32.6 Å². The van der Waals surface area contributed by atoms with Crippen LogP contribution in [0.2, 0.25) is 0 Å². The van der Waals surface area contributed by atoms with Crippen LogP contribution in [0.4, 0.5) is 18.0 Å². The summed E-state index contributed by atoms with van der Waals surface area (Å²) in [4.78, 5) is 22.0. The summed E-state index contributed by atoms with van der Waals surface area (Å²) in [6, 6.07) is -1.22. The minimum atomic E-state index is -5.11. The van der Waals surface area contributed by atoms with Crippen molar-refractivity contribution in [3.63, 3.8) is 0 Å². The van der Waals surface area contributed by atoms with Crippen LogP contribution in [0.1, 0.15) is 27.2 Å². The highest BCUT2D eigenvalue weighted by atomic mass is 19.4. The van der Waals surface area contributed by atoms with Gasteiger partial charge in [0.05, 0.1) is 6.61 Å². The maximum absolute atomic E-state index is 12.6. The van der Waals surface area contributed by atoms with Gasteiger partial charge in [-0.15, -0.1) is 0 Å². The minimum absolute atomic E-state index is 0.0164. The molecule has 6 nitrogen and oxygen atoms in total. The van der Waals surface area contributed by atoms with Gasteiger partial charge in [0, 0.05) is 13.2 Å².